The molecule has 0 atom stereocenters. The van der Waals surface area contributed by atoms with Gasteiger partial charge in [-0.15, -0.1) is 0 Å². The van der Waals surface area contributed by atoms with Crippen LogP contribution in [0.3, 0.4) is 0 Å². The van der Waals surface area contributed by atoms with Crippen molar-refractivity contribution in [2.45, 2.75) is 6.92 Å². The first-order valence-electron chi connectivity index (χ1n) is 3.20. The minimum Gasteiger partial charge on any atom is -0.382 e. The van der Waals surface area contributed by atoms with Crippen LogP contribution in [-0.4, -0.2) is 10.8 Å². The number of nitrogens with zero attached hydrogens (tertiary/aromatic N) is 2. The Balaban J connectivity index is 3.14. The smallest absolute Gasteiger partial charge is 0.150 e. The topological polar surface area (TPSA) is 77.3 Å². The van der Waals surface area contributed by atoms with Gasteiger partial charge in [0.2, 0.25) is 0 Å². The largest absolute Gasteiger partial charge is 0.382 e. The molecule has 1 heterocycles. The fourth-order valence-electron chi connectivity index (χ4n) is 0.830. The summed E-state index contributed by atoms with van der Waals surface area (Å²) in [5.74, 6) is 5.35. The maximum atomic E-state index is 5.49. The Morgan fingerprint density at radius 3 is 2.91 bits per heavy atom. The van der Waals surface area contributed by atoms with Gasteiger partial charge in [0.25, 0.3) is 0 Å². The zero-order valence-corrected chi connectivity index (χ0v) is 6.28. The highest BCUT2D eigenvalue weighted by Gasteiger charge is 1.99. The highest BCUT2D eigenvalue weighted by Crippen LogP contribution is 2.02. The lowest BCUT2D eigenvalue weighted by molar-refractivity contribution is 1.20. The average molecular weight is 150 g/mol. The maximum absolute atomic E-state index is 5.49. The van der Waals surface area contributed by atoms with Crippen molar-refractivity contribution in [3.8, 4) is 0 Å². The van der Waals surface area contributed by atoms with Gasteiger partial charge >= 0.3 is 0 Å². The van der Waals surface area contributed by atoms with Gasteiger partial charge in [-0.1, -0.05) is 0 Å². The molecular formula is C7H10N4. The van der Waals surface area contributed by atoms with Crippen LogP contribution in [0.15, 0.2) is 23.6 Å². The van der Waals surface area contributed by atoms with Crippen LogP contribution < -0.4 is 11.6 Å². The molecule has 4 N–H and O–H groups in total. The lowest BCUT2D eigenvalue weighted by Gasteiger charge is -2.00. The van der Waals surface area contributed by atoms with Crippen molar-refractivity contribution in [1.82, 2.24) is 4.98 Å². The molecule has 0 unspecified atom stereocenters. The Bertz CT molecular complexity index is 280. The van der Waals surface area contributed by atoms with E-state index in [1.807, 2.05) is 6.92 Å². The molecule has 1 aromatic heterocycles. The maximum Gasteiger partial charge on any atom is 0.150 e. The van der Waals surface area contributed by atoms with Crippen LogP contribution in [0.4, 0.5) is 0 Å². The van der Waals surface area contributed by atoms with Gasteiger partial charge in [0, 0.05) is 18.0 Å². The predicted molar refractivity (Wildman–Crippen MR) is 43.9 cm³/mol. The molecule has 0 aliphatic heterocycles. The van der Waals surface area contributed by atoms with E-state index in [1.165, 1.54) is 0 Å². The molecule has 4 heteroatoms. The Morgan fingerprint density at radius 1 is 1.64 bits per heavy atom. The standard InChI is InChI=1S/C7H10N4/c1-5-4-10-3-2-6(5)7(8)11-9/h2-4H,9H2,1H3,(H2,8,11). The number of hydrogen-bond donors (Lipinski definition) is 2. The molecule has 58 valence electrons. The van der Waals surface area contributed by atoms with Crippen molar-refractivity contribution in [2.24, 2.45) is 16.7 Å². The number of nitrogens with two attached hydrogens (primary N) is 2. The summed E-state index contributed by atoms with van der Waals surface area (Å²) in [6.45, 7) is 1.90. The number of aryl methyl sites for hydroxylation is 1. The summed E-state index contributed by atoms with van der Waals surface area (Å²) in [4.78, 5) is 3.91. The first-order valence-corrected chi connectivity index (χ1v) is 3.20. The van der Waals surface area contributed by atoms with Crippen LogP contribution in [-0.2, 0) is 0 Å². The molecule has 0 bridgehead atoms. The lowest BCUT2D eigenvalue weighted by Crippen LogP contribution is -2.16. The Kier molecular flexibility index (Phi) is 2.06. The molecule has 0 aliphatic rings. The summed E-state index contributed by atoms with van der Waals surface area (Å²) in [7, 11) is 0. The second-order valence-corrected chi connectivity index (χ2v) is 2.20. The summed E-state index contributed by atoms with van der Waals surface area (Å²) in [5.41, 5.74) is 7.30. The number of rotatable bonds is 1. The van der Waals surface area contributed by atoms with Gasteiger partial charge < -0.3 is 11.6 Å². The molecular weight excluding hydrogens is 140 g/mol. The monoisotopic (exact) mass is 150 g/mol. The van der Waals surface area contributed by atoms with Crippen molar-refractivity contribution < 1.29 is 0 Å². The second kappa shape index (κ2) is 3.01. The predicted octanol–water partition coefficient (Wildman–Crippen LogP) is -0.0310. The third-order valence-electron chi connectivity index (χ3n) is 1.44. The van der Waals surface area contributed by atoms with Gasteiger partial charge in [0.15, 0.2) is 5.84 Å². The van der Waals surface area contributed by atoms with Crippen LogP contribution in [0.2, 0.25) is 0 Å². The zero-order chi connectivity index (χ0) is 8.27. The van der Waals surface area contributed by atoms with Crippen LogP contribution in [0, 0.1) is 6.92 Å². The van der Waals surface area contributed by atoms with E-state index in [2.05, 4.69) is 10.1 Å². The Labute approximate surface area is 64.9 Å². The van der Waals surface area contributed by atoms with Crippen LogP contribution in [0.25, 0.3) is 0 Å². The van der Waals surface area contributed by atoms with Crippen LogP contribution >= 0.6 is 0 Å². The SMILES string of the molecule is Cc1cnccc1C(N)=NN. The quantitative estimate of drug-likeness (QED) is 0.255. The summed E-state index contributed by atoms with van der Waals surface area (Å²) >= 11 is 0. The molecule has 1 rings (SSSR count). The number of aromatic nitrogens is 1. The summed E-state index contributed by atoms with van der Waals surface area (Å²) < 4.78 is 0. The molecule has 11 heavy (non-hydrogen) atoms. The van der Waals surface area contributed by atoms with Crippen molar-refractivity contribution in [3.05, 3.63) is 29.6 Å². The molecule has 0 saturated heterocycles. The van der Waals surface area contributed by atoms with Crippen molar-refractivity contribution in [3.63, 3.8) is 0 Å². The fourth-order valence-corrected chi connectivity index (χ4v) is 0.830. The average Bonchev–Trinajstić information content (AvgIpc) is 2.04. The molecule has 0 amide bonds. The normalized spacial score (nSPS) is 11.5. The molecule has 0 radical (unpaired) electrons. The van der Waals surface area contributed by atoms with Gasteiger partial charge in [0.05, 0.1) is 0 Å². The van der Waals surface area contributed by atoms with Gasteiger partial charge in [-0.05, 0) is 18.6 Å². The summed E-state index contributed by atoms with van der Waals surface area (Å²) in [6, 6.07) is 1.78. The number of hydrazone groups is 1. The van der Waals surface area contributed by atoms with Gasteiger partial charge in [-0.3, -0.25) is 4.98 Å². The zero-order valence-electron chi connectivity index (χ0n) is 6.28. The van der Waals surface area contributed by atoms with Crippen LogP contribution in [0.1, 0.15) is 11.1 Å². The van der Waals surface area contributed by atoms with E-state index in [0.29, 0.717) is 5.84 Å². The highest BCUT2D eigenvalue weighted by atomic mass is 15.2. The second-order valence-electron chi connectivity index (χ2n) is 2.20. The number of pyridine rings is 1. The third kappa shape index (κ3) is 1.46. The molecule has 0 aliphatic carbocycles. The van der Waals surface area contributed by atoms with E-state index in [-0.39, 0.29) is 0 Å². The highest BCUT2D eigenvalue weighted by molar-refractivity contribution is 5.98. The molecule has 0 fully saturated rings. The van der Waals surface area contributed by atoms with Gasteiger partial charge in [-0.2, -0.15) is 5.10 Å². The van der Waals surface area contributed by atoms with Crippen molar-refractivity contribution in [2.75, 3.05) is 0 Å². The fraction of sp³-hybridized carbons (Fsp3) is 0.143. The first-order chi connectivity index (χ1) is 5.25. The number of amidine groups is 1. The molecule has 0 spiro atoms. The van der Waals surface area contributed by atoms with Crippen molar-refractivity contribution in [1.29, 1.82) is 0 Å². The van der Waals surface area contributed by atoms with E-state index in [1.54, 1.807) is 18.5 Å². The van der Waals surface area contributed by atoms with Crippen LogP contribution in [0.5, 0.6) is 0 Å². The Hall–Kier alpha value is -1.58. The first kappa shape index (κ1) is 7.53. The summed E-state index contributed by atoms with van der Waals surface area (Å²) in [6.07, 6.45) is 3.37. The molecule has 0 aromatic carbocycles. The van der Waals surface area contributed by atoms with E-state index >= 15 is 0 Å². The van der Waals surface area contributed by atoms with Gasteiger partial charge in [-0.25, -0.2) is 0 Å². The van der Waals surface area contributed by atoms with E-state index in [9.17, 15) is 0 Å². The molecule has 1 aromatic rings. The minimum absolute atomic E-state index is 0.338. The van der Waals surface area contributed by atoms with Crippen molar-refractivity contribution >= 4 is 5.84 Å². The minimum atomic E-state index is 0.338. The van der Waals surface area contributed by atoms with E-state index in [0.717, 1.165) is 11.1 Å². The lowest BCUT2D eigenvalue weighted by atomic mass is 10.1. The van der Waals surface area contributed by atoms with E-state index in [4.69, 9.17) is 11.6 Å². The number of hydrogen-bond acceptors (Lipinski definition) is 3. The Morgan fingerprint density at radius 2 is 2.36 bits per heavy atom. The third-order valence-corrected chi connectivity index (χ3v) is 1.44. The van der Waals surface area contributed by atoms with E-state index < -0.39 is 0 Å². The molecule has 0 saturated carbocycles. The summed E-state index contributed by atoms with van der Waals surface area (Å²) in [5, 5.41) is 3.39. The molecule has 4 nitrogen and oxygen atoms in total. The van der Waals surface area contributed by atoms with Gasteiger partial charge in [0.1, 0.15) is 0 Å².